The smallest absolute Gasteiger partial charge is 0.126 e. The number of benzene rings is 1. The molecule has 3 nitrogen and oxygen atoms in total. The predicted molar refractivity (Wildman–Crippen MR) is 70.2 cm³/mol. The quantitative estimate of drug-likeness (QED) is 0.893. The molecule has 2 aromatic rings. The maximum absolute atomic E-state index is 12.9. The van der Waals surface area contributed by atoms with Crippen molar-refractivity contribution in [3.63, 3.8) is 0 Å². The zero-order valence-corrected chi connectivity index (χ0v) is 11.1. The fraction of sp³-hybridized carbons (Fsp3) is 0.308. The lowest BCUT2D eigenvalue weighted by atomic mass is 10.1. The monoisotopic (exact) mass is 266 g/mol. The van der Waals surface area contributed by atoms with Gasteiger partial charge in [-0.2, -0.15) is 0 Å². The molecule has 1 heterocycles. The van der Waals surface area contributed by atoms with Gasteiger partial charge in [0.15, 0.2) is 0 Å². The molecule has 1 aromatic carbocycles. The number of hydrogen-bond donors (Lipinski definition) is 2. The second-order valence-corrected chi connectivity index (χ2v) is 5.49. The van der Waals surface area contributed by atoms with Crippen LogP contribution in [0.15, 0.2) is 24.4 Å². The van der Waals surface area contributed by atoms with E-state index in [4.69, 9.17) is 0 Å². The number of aryl methyl sites for hydroxylation is 1. The first-order chi connectivity index (χ1) is 8.56. The van der Waals surface area contributed by atoms with Crippen molar-refractivity contribution in [1.29, 1.82) is 0 Å². The Bertz CT molecular complexity index is 542. The number of hydrogen-bond acceptors (Lipinski definition) is 4. The van der Waals surface area contributed by atoms with E-state index in [2.05, 4.69) is 10.3 Å². The lowest BCUT2D eigenvalue weighted by Crippen LogP contribution is -2.18. The molecule has 0 fully saturated rings. The second-order valence-electron chi connectivity index (χ2n) is 4.17. The highest BCUT2D eigenvalue weighted by molar-refractivity contribution is 7.11. The van der Waals surface area contributed by atoms with Crippen molar-refractivity contribution in [2.24, 2.45) is 0 Å². The van der Waals surface area contributed by atoms with Gasteiger partial charge in [0, 0.05) is 35.3 Å². The number of rotatable bonds is 4. The summed E-state index contributed by atoms with van der Waals surface area (Å²) in [6.45, 7) is 4.57. The number of phenols is 1. The van der Waals surface area contributed by atoms with Crippen molar-refractivity contribution in [3.05, 3.63) is 45.7 Å². The molecule has 0 aliphatic rings. The second kappa shape index (κ2) is 5.46. The maximum Gasteiger partial charge on any atom is 0.126 e. The highest BCUT2D eigenvalue weighted by Gasteiger charge is 2.11. The fourth-order valence-electron chi connectivity index (χ4n) is 1.72. The van der Waals surface area contributed by atoms with Crippen molar-refractivity contribution in [3.8, 4) is 5.75 Å². The molecule has 1 unspecified atom stereocenters. The first-order valence-corrected chi connectivity index (χ1v) is 6.51. The van der Waals surface area contributed by atoms with Crippen LogP contribution in [-0.2, 0) is 6.54 Å². The lowest BCUT2D eigenvalue weighted by Gasteiger charge is -2.14. The molecule has 0 spiro atoms. The Hall–Kier alpha value is -1.46. The highest BCUT2D eigenvalue weighted by Crippen LogP contribution is 2.25. The third-order valence-corrected chi connectivity index (χ3v) is 3.60. The van der Waals surface area contributed by atoms with E-state index in [0.717, 1.165) is 11.1 Å². The van der Waals surface area contributed by atoms with Crippen molar-refractivity contribution in [2.45, 2.75) is 26.4 Å². The van der Waals surface area contributed by atoms with Crippen molar-refractivity contribution >= 4 is 11.3 Å². The predicted octanol–water partition coefficient (Wildman–Crippen LogP) is 3.15. The van der Waals surface area contributed by atoms with Gasteiger partial charge in [-0.15, -0.1) is 11.3 Å². The summed E-state index contributed by atoms with van der Waals surface area (Å²) in [5.74, 6) is -0.454. The van der Waals surface area contributed by atoms with Crippen LogP contribution in [0.1, 0.15) is 28.4 Å². The summed E-state index contributed by atoms with van der Waals surface area (Å²) in [5.41, 5.74) is 0.685. The van der Waals surface area contributed by atoms with Gasteiger partial charge in [-0.05, 0) is 19.9 Å². The average molecular weight is 266 g/mol. The van der Waals surface area contributed by atoms with Crippen LogP contribution in [-0.4, -0.2) is 10.1 Å². The molecule has 0 saturated heterocycles. The maximum atomic E-state index is 12.9. The van der Waals surface area contributed by atoms with Gasteiger partial charge >= 0.3 is 0 Å². The van der Waals surface area contributed by atoms with Crippen LogP contribution in [0.25, 0.3) is 0 Å². The lowest BCUT2D eigenvalue weighted by molar-refractivity contribution is 0.446. The molecular weight excluding hydrogens is 251 g/mol. The zero-order valence-electron chi connectivity index (χ0n) is 10.3. The molecule has 2 N–H and O–H groups in total. The van der Waals surface area contributed by atoms with Crippen LogP contribution in [0, 0.1) is 12.7 Å². The molecular formula is C13H15FN2OS. The average Bonchev–Trinajstić information content (AvgIpc) is 2.72. The molecule has 1 aromatic heterocycles. The number of aromatic hydroxyl groups is 1. The van der Waals surface area contributed by atoms with Gasteiger partial charge in [0.1, 0.15) is 16.6 Å². The topological polar surface area (TPSA) is 45.2 Å². The third-order valence-electron chi connectivity index (χ3n) is 2.69. The Labute approximate surface area is 109 Å². The molecule has 0 saturated carbocycles. The van der Waals surface area contributed by atoms with Crippen LogP contribution in [0.5, 0.6) is 5.75 Å². The van der Waals surface area contributed by atoms with E-state index in [1.807, 2.05) is 20.0 Å². The van der Waals surface area contributed by atoms with Gasteiger partial charge in [-0.3, -0.25) is 0 Å². The Morgan fingerprint density at radius 1 is 1.50 bits per heavy atom. The van der Waals surface area contributed by atoms with Crippen LogP contribution in [0.4, 0.5) is 4.39 Å². The number of nitrogens with zero attached hydrogens (tertiary/aromatic N) is 1. The summed E-state index contributed by atoms with van der Waals surface area (Å²) in [6.07, 6.45) is 1.84. The van der Waals surface area contributed by atoms with E-state index in [1.54, 1.807) is 17.4 Å². The van der Waals surface area contributed by atoms with Crippen molar-refractivity contribution in [2.75, 3.05) is 0 Å². The summed E-state index contributed by atoms with van der Waals surface area (Å²) in [7, 11) is 0. The van der Waals surface area contributed by atoms with Crippen LogP contribution >= 0.6 is 11.3 Å². The number of nitrogens with one attached hydrogen (secondary N) is 1. The van der Waals surface area contributed by atoms with Crippen molar-refractivity contribution in [1.82, 2.24) is 10.3 Å². The molecule has 0 radical (unpaired) electrons. The molecule has 5 heteroatoms. The number of aromatic nitrogens is 1. The van der Waals surface area contributed by atoms with Crippen LogP contribution in [0.3, 0.4) is 0 Å². The molecule has 0 amide bonds. The SMILES string of the molecule is Cc1cnc(CNC(C)c2ccc(F)cc2O)s1. The Kier molecular flexibility index (Phi) is 3.93. The summed E-state index contributed by atoms with van der Waals surface area (Å²) in [4.78, 5) is 5.42. The Morgan fingerprint density at radius 3 is 2.89 bits per heavy atom. The van der Waals surface area contributed by atoms with Gasteiger partial charge in [-0.25, -0.2) is 9.37 Å². The van der Waals surface area contributed by atoms with Crippen LogP contribution in [0.2, 0.25) is 0 Å². The molecule has 18 heavy (non-hydrogen) atoms. The first kappa shape index (κ1) is 13.0. The van der Waals surface area contributed by atoms with E-state index in [1.165, 1.54) is 10.9 Å². The van der Waals surface area contributed by atoms with Gasteiger partial charge < -0.3 is 10.4 Å². The van der Waals surface area contributed by atoms with E-state index in [9.17, 15) is 9.50 Å². The van der Waals surface area contributed by atoms with Gasteiger partial charge in [0.05, 0.1) is 0 Å². The zero-order chi connectivity index (χ0) is 13.1. The van der Waals surface area contributed by atoms with E-state index < -0.39 is 5.82 Å². The molecule has 0 bridgehead atoms. The largest absolute Gasteiger partial charge is 0.508 e. The Morgan fingerprint density at radius 2 is 2.28 bits per heavy atom. The molecule has 0 aliphatic carbocycles. The molecule has 2 rings (SSSR count). The number of phenolic OH excluding ortho intramolecular Hbond substituents is 1. The van der Waals surface area contributed by atoms with Gasteiger partial charge in [0.25, 0.3) is 0 Å². The van der Waals surface area contributed by atoms with Crippen LogP contribution < -0.4 is 5.32 Å². The molecule has 96 valence electrons. The summed E-state index contributed by atoms with van der Waals surface area (Å²) in [6, 6.07) is 4.01. The fourth-order valence-corrected chi connectivity index (χ4v) is 2.45. The Balaban J connectivity index is 2.01. The molecule has 0 aliphatic heterocycles. The minimum atomic E-state index is -0.431. The number of halogens is 1. The first-order valence-electron chi connectivity index (χ1n) is 5.69. The summed E-state index contributed by atoms with van der Waals surface area (Å²) < 4.78 is 12.9. The number of thiazole rings is 1. The molecule has 1 atom stereocenters. The highest BCUT2D eigenvalue weighted by atomic mass is 32.1. The van der Waals surface area contributed by atoms with E-state index in [-0.39, 0.29) is 11.8 Å². The minimum absolute atomic E-state index is 0.0229. The van der Waals surface area contributed by atoms with Crippen molar-refractivity contribution < 1.29 is 9.50 Å². The van der Waals surface area contributed by atoms with E-state index in [0.29, 0.717) is 12.1 Å². The van der Waals surface area contributed by atoms with E-state index >= 15 is 0 Å². The van der Waals surface area contributed by atoms with Gasteiger partial charge in [0.2, 0.25) is 0 Å². The third kappa shape index (κ3) is 3.05. The standard InChI is InChI=1S/C13H15FN2OS/c1-8-6-16-13(18-8)7-15-9(2)11-4-3-10(14)5-12(11)17/h3-6,9,15,17H,7H2,1-2H3. The van der Waals surface area contributed by atoms with Gasteiger partial charge in [-0.1, -0.05) is 6.07 Å². The minimum Gasteiger partial charge on any atom is -0.508 e. The summed E-state index contributed by atoms with van der Waals surface area (Å²) >= 11 is 1.64. The normalized spacial score (nSPS) is 12.6. The summed E-state index contributed by atoms with van der Waals surface area (Å²) in [5, 5.41) is 13.9.